The zero-order valence-electron chi connectivity index (χ0n) is 15.2. The number of amides is 1. The molecule has 2 aromatic heterocycles. The second-order valence-electron chi connectivity index (χ2n) is 8.20. The van der Waals surface area contributed by atoms with E-state index >= 15 is 0 Å². The van der Waals surface area contributed by atoms with Crippen LogP contribution in [0.25, 0.3) is 10.2 Å². The van der Waals surface area contributed by atoms with Crippen LogP contribution < -0.4 is 10.1 Å². The van der Waals surface area contributed by atoms with Crippen LogP contribution >= 0.6 is 11.3 Å². The van der Waals surface area contributed by atoms with E-state index in [0.29, 0.717) is 11.8 Å². The number of aryl methyl sites for hydroxylation is 2. The molecule has 1 N–H and O–H groups in total. The van der Waals surface area contributed by atoms with Gasteiger partial charge in [0.1, 0.15) is 11.2 Å². The summed E-state index contributed by atoms with van der Waals surface area (Å²) in [5.41, 5.74) is 1.33. The second kappa shape index (κ2) is 6.48. The van der Waals surface area contributed by atoms with Crippen molar-refractivity contribution < 1.29 is 9.53 Å². The third-order valence-corrected chi connectivity index (χ3v) is 7.83. The maximum atomic E-state index is 12.4. The summed E-state index contributed by atoms with van der Waals surface area (Å²) in [5.74, 6) is 2.88. The Morgan fingerprint density at radius 3 is 3.08 bits per heavy atom. The van der Waals surface area contributed by atoms with E-state index in [1.807, 2.05) is 0 Å². The monoisotopic (exact) mass is 371 g/mol. The van der Waals surface area contributed by atoms with E-state index in [1.54, 1.807) is 17.7 Å². The van der Waals surface area contributed by atoms with Crippen molar-refractivity contribution in [2.75, 3.05) is 6.61 Å². The van der Waals surface area contributed by atoms with E-state index in [9.17, 15) is 4.79 Å². The average molecular weight is 372 g/mol. The lowest BCUT2D eigenvalue weighted by Gasteiger charge is -2.28. The van der Waals surface area contributed by atoms with Gasteiger partial charge in [0.05, 0.1) is 5.39 Å². The molecule has 0 radical (unpaired) electrons. The summed E-state index contributed by atoms with van der Waals surface area (Å²) < 4.78 is 5.83. The van der Waals surface area contributed by atoms with Crippen LogP contribution in [0, 0.1) is 17.8 Å². The Kier molecular flexibility index (Phi) is 4.11. The van der Waals surface area contributed by atoms with Gasteiger partial charge in [-0.25, -0.2) is 9.97 Å². The van der Waals surface area contributed by atoms with Gasteiger partial charge in [0.25, 0.3) is 5.91 Å². The normalized spacial score (nSPS) is 27.7. The Morgan fingerprint density at radius 2 is 2.27 bits per heavy atom. The molecule has 2 heterocycles. The molecule has 3 aliphatic carbocycles. The molecule has 26 heavy (non-hydrogen) atoms. The van der Waals surface area contributed by atoms with Gasteiger partial charge < -0.3 is 10.1 Å². The summed E-state index contributed by atoms with van der Waals surface area (Å²) in [7, 11) is 0. The van der Waals surface area contributed by atoms with Crippen LogP contribution in [0.1, 0.15) is 49.5 Å². The fourth-order valence-electron chi connectivity index (χ4n) is 5.45. The molecule has 2 fully saturated rings. The van der Waals surface area contributed by atoms with Crippen molar-refractivity contribution in [1.29, 1.82) is 0 Å². The minimum absolute atomic E-state index is 0.0297. The van der Waals surface area contributed by atoms with E-state index in [1.165, 1.54) is 42.5 Å². The summed E-state index contributed by atoms with van der Waals surface area (Å²) in [6, 6.07) is 0.234. The number of ether oxygens (including phenoxy) is 1. The van der Waals surface area contributed by atoms with E-state index < -0.39 is 0 Å². The molecule has 0 aliphatic heterocycles. The predicted octanol–water partition coefficient (Wildman–Crippen LogP) is 3.50. The first-order valence-electron chi connectivity index (χ1n) is 9.86. The largest absolute Gasteiger partial charge is 0.467 e. The van der Waals surface area contributed by atoms with Gasteiger partial charge in [-0.15, -0.1) is 11.3 Å². The highest BCUT2D eigenvalue weighted by molar-refractivity contribution is 7.18. The van der Waals surface area contributed by atoms with E-state index in [0.717, 1.165) is 34.9 Å². The van der Waals surface area contributed by atoms with Gasteiger partial charge in [0.15, 0.2) is 6.61 Å². The number of carbonyl (C=O) groups excluding carboxylic acids is 1. The summed E-state index contributed by atoms with van der Waals surface area (Å²) in [4.78, 5) is 23.5. The lowest BCUT2D eigenvalue weighted by molar-refractivity contribution is -0.124. The minimum atomic E-state index is -0.0427. The SMILES string of the molecule is CC(NC(=O)COc1ncnc2sc3c(c12)CCC3)C1CC2CCC1C2. The van der Waals surface area contributed by atoms with Gasteiger partial charge in [-0.2, -0.15) is 0 Å². The zero-order chi connectivity index (χ0) is 17.7. The molecule has 5 nitrogen and oxygen atoms in total. The highest BCUT2D eigenvalue weighted by Crippen LogP contribution is 2.49. The molecule has 2 aromatic rings. The fraction of sp³-hybridized carbons (Fsp3) is 0.650. The zero-order valence-corrected chi connectivity index (χ0v) is 16.0. The molecule has 5 rings (SSSR count). The number of hydrogen-bond donors (Lipinski definition) is 1. The van der Waals surface area contributed by atoms with Gasteiger partial charge >= 0.3 is 0 Å². The maximum absolute atomic E-state index is 12.4. The Morgan fingerprint density at radius 1 is 1.35 bits per heavy atom. The highest BCUT2D eigenvalue weighted by atomic mass is 32.1. The molecule has 4 unspecified atom stereocenters. The van der Waals surface area contributed by atoms with Crippen LogP contribution in [0.4, 0.5) is 0 Å². The summed E-state index contributed by atoms with van der Waals surface area (Å²) in [5, 5.41) is 4.19. The van der Waals surface area contributed by atoms with Crippen molar-refractivity contribution in [3.63, 3.8) is 0 Å². The average Bonchev–Trinajstić information content (AvgIpc) is 3.39. The van der Waals surface area contributed by atoms with Crippen LogP contribution in [-0.2, 0) is 17.6 Å². The van der Waals surface area contributed by atoms with E-state index in [-0.39, 0.29) is 18.6 Å². The van der Waals surface area contributed by atoms with Crippen molar-refractivity contribution in [2.24, 2.45) is 17.8 Å². The first kappa shape index (κ1) is 16.5. The van der Waals surface area contributed by atoms with Gasteiger partial charge in [-0.05, 0) is 68.8 Å². The summed E-state index contributed by atoms with van der Waals surface area (Å²) >= 11 is 1.74. The van der Waals surface area contributed by atoms with Crippen molar-refractivity contribution in [3.05, 3.63) is 16.8 Å². The third-order valence-electron chi connectivity index (χ3n) is 6.63. The molecule has 2 saturated carbocycles. The Labute approximate surface area is 157 Å². The molecule has 0 aromatic carbocycles. The van der Waals surface area contributed by atoms with Crippen molar-refractivity contribution in [3.8, 4) is 5.88 Å². The quantitative estimate of drug-likeness (QED) is 0.874. The van der Waals surface area contributed by atoms with Crippen molar-refractivity contribution >= 4 is 27.5 Å². The van der Waals surface area contributed by atoms with Crippen LogP contribution in [0.5, 0.6) is 5.88 Å². The lowest BCUT2D eigenvalue weighted by Crippen LogP contribution is -2.42. The molecular formula is C20H25N3O2S. The van der Waals surface area contributed by atoms with Crippen LogP contribution in [-0.4, -0.2) is 28.5 Å². The number of thiophene rings is 1. The minimum Gasteiger partial charge on any atom is -0.467 e. The van der Waals surface area contributed by atoms with Gasteiger partial charge in [-0.3, -0.25) is 4.79 Å². The summed E-state index contributed by atoms with van der Waals surface area (Å²) in [6.45, 7) is 2.18. The maximum Gasteiger partial charge on any atom is 0.258 e. The van der Waals surface area contributed by atoms with Crippen LogP contribution in [0.2, 0.25) is 0 Å². The van der Waals surface area contributed by atoms with Crippen molar-refractivity contribution in [1.82, 2.24) is 15.3 Å². The number of rotatable bonds is 5. The Bertz CT molecular complexity index is 849. The molecular weight excluding hydrogens is 346 g/mol. The third kappa shape index (κ3) is 2.79. The molecule has 1 amide bonds. The Balaban J connectivity index is 1.24. The van der Waals surface area contributed by atoms with Crippen molar-refractivity contribution in [2.45, 2.75) is 57.9 Å². The Hall–Kier alpha value is -1.69. The molecule has 4 atom stereocenters. The highest BCUT2D eigenvalue weighted by Gasteiger charge is 2.42. The number of carbonyl (C=O) groups is 1. The van der Waals surface area contributed by atoms with Gasteiger partial charge in [0, 0.05) is 10.9 Å². The van der Waals surface area contributed by atoms with Gasteiger partial charge in [0.2, 0.25) is 5.88 Å². The molecule has 0 saturated heterocycles. The number of nitrogens with zero attached hydrogens (tertiary/aromatic N) is 2. The van der Waals surface area contributed by atoms with E-state index in [4.69, 9.17) is 4.74 Å². The number of aromatic nitrogens is 2. The topological polar surface area (TPSA) is 64.1 Å². The standard InChI is InChI=1S/C20H25N3O2S/c1-11(15-8-12-5-6-13(15)7-12)23-17(24)9-25-19-18-14-3-2-4-16(14)26-20(18)22-10-21-19/h10-13,15H,2-9H2,1H3,(H,23,24). The number of hydrogen-bond acceptors (Lipinski definition) is 5. The van der Waals surface area contributed by atoms with Crippen LogP contribution in [0.3, 0.4) is 0 Å². The van der Waals surface area contributed by atoms with E-state index in [2.05, 4.69) is 22.2 Å². The van der Waals surface area contributed by atoms with Gasteiger partial charge in [-0.1, -0.05) is 6.42 Å². The smallest absolute Gasteiger partial charge is 0.258 e. The molecule has 6 heteroatoms. The lowest BCUT2D eigenvalue weighted by atomic mass is 9.84. The predicted molar refractivity (Wildman–Crippen MR) is 101 cm³/mol. The fourth-order valence-corrected chi connectivity index (χ4v) is 6.67. The number of fused-ring (bicyclic) bond motifs is 5. The second-order valence-corrected chi connectivity index (χ2v) is 9.28. The first-order valence-corrected chi connectivity index (χ1v) is 10.7. The number of nitrogens with one attached hydrogen (secondary N) is 1. The van der Waals surface area contributed by atoms with Crippen LogP contribution in [0.15, 0.2) is 6.33 Å². The first-order chi connectivity index (χ1) is 12.7. The summed E-state index contributed by atoms with van der Waals surface area (Å²) in [6.07, 6.45) is 10.3. The molecule has 138 valence electrons. The molecule has 2 bridgehead atoms. The molecule has 0 spiro atoms. The molecule has 3 aliphatic rings.